The summed E-state index contributed by atoms with van der Waals surface area (Å²) in [5, 5.41) is 5.59. The summed E-state index contributed by atoms with van der Waals surface area (Å²) in [6.07, 6.45) is 9.00. The molecule has 0 radical (unpaired) electrons. The van der Waals surface area contributed by atoms with Gasteiger partial charge in [-0.1, -0.05) is 40.9 Å². The molecule has 5 atom stereocenters. The monoisotopic (exact) mass is 723 g/mol. The molecule has 1 aromatic rings. The van der Waals surface area contributed by atoms with Crippen LogP contribution in [0.25, 0.3) is 0 Å². The zero-order valence-electron chi connectivity index (χ0n) is 26.0. The van der Waals surface area contributed by atoms with E-state index in [1.54, 1.807) is 19.1 Å². The fraction of sp³-hybridized carbons (Fsp3) is 0.625. The highest BCUT2D eigenvalue weighted by atomic mass is 79.9. The number of halogens is 1. The molecule has 2 aliphatic heterocycles. The highest BCUT2D eigenvalue weighted by Crippen LogP contribution is 2.46. The number of carbonyl (C=O) groups excluding carboxylic acids is 4. The first-order chi connectivity index (χ1) is 22.0. The van der Waals surface area contributed by atoms with Gasteiger partial charge in [-0.3, -0.25) is 13.8 Å². The molecule has 2 heterocycles. The lowest BCUT2D eigenvalue weighted by atomic mass is 10.0. The number of ether oxygens (including phenoxy) is 2. The van der Waals surface area contributed by atoms with Gasteiger partial charge in [-0.25, -0.2) is 9.59 Å². The second-order valence-corrected chi connectivity index (χ2v) is 14.9. The highest BCUT2D eigenvalue weighted by molar-refractivity contribution is 9.10. The van der Waals surface area contributed by atoms with Crippen LogP contribution in [0.4, 0.5) is 4.79 Å². The van der Waals surface area contributed by atoms with Crippen molar-refractivity contribution in [2.45, 2.75) is 112 Å². The first kappa shape index (κ1) is 34.4. The van der Waals surface area contributed by atoms with Crippen molar-refractivity contribution in [2.75, 3.05) is 13.2 Å². The topological polar surface area (TPSA) is 157 Å². The van der Waals surface area contributed by atoms with Gasteiger partial charge in [0.05, 0.1) is 17.6 Å². The summed E-state index contributed by atoms with van der Waals surface area (Å²) in [5.74, 6) is -1.98. The maximum Gasteiger partial charge on any atom is 0.408 e. The second-order valence-electron chi connectivity index (χ2n) is 12.4. The molecule has 3 fully saturated rings. The van der Waals surface area contributed by atoms with E-state index in [1.165, 1.54) is 17.0 Å². The third-order valence-corrected chi connectivity index (χ3v) is 11.0. The van der Waals surface area contributed by atoms with Crippen molar-refractivity contribution in [1.29, 1.82) is 0 Å². The molecule has 1 saturated heterocycles. The van der Waals surface area contributed by atoms with Crippen LogP contribution < -0.4 is 10.6 Å². The number of allylic oxidation sites excluding steroid dienone is 1. The molecule has 2 aliphatic carbocycles. The Morgan fingerprint density at radius 1 is 1.04 bits per heavy atom. The summed E-state index contributed by atoms with van der Waals surface area (Å²) in [7, 11) is -4.24. The van der Waals surface area contributed by atoms with E-state index in [0.717, 1.165) is 44.9 Å². The van der Waals surface area contributed by atoms with E-state index in [-0.39, 0.29) is 36.5 Å². The number of hydrogen-bond donors (Lipinski definition) is 2. The number of fused-ring (bicyclic) bond motifs is 2. The molecule has 4 aliphatic rings. The molecular formula is C32H42BrN3O9S. The standard InChI is InChI=1S/C32H42BrN3O9S/c1-2-43-30(39)32-19-21(32)10-6-4-3-5-7-13-26(34-31(40)44-23-11-8-9-12-23)29(38)36-20-24(18-27(36)28(37)35-32)45-46(41,42)25-16-14-22(33)15-17-25/h6,10,14-17,21,23-24,26-27H,2-5,7-9,11-13,18-20H2,1H3,(H,34,40)(H,35,37)/b10-6-/t21-,24+,26+,27+,32-/m1/s1. The summed E-state index contributed by atoms with van der Waals surface area (Å²) in [6, 6.07) is 3.77. The van der Waals surface area contributed by atoms with Crippen molar-refractivity contribution >= 4 is 49.9 Å². The van der Waals surface area contributed by atoms with Crippen LogP contribution in [-0.4, -0.2) is 80.2 Å². The van der Waals surface area contributed by atoms with Crippen molar-refractivity contribution in [3.05, 3.63) is 40.9 Å². The maximum atomic E-state index is 14.2. The zero-order valence-corrected chi connectivity index (χ0v) is 28.4. The van der Waals surface area contributed by atoms with Crippen molar-refractivity contribution in [3.63, 3.8) is 0 Å². The second kappa shape index (κ2) is 14.8. The SMILES string of the molecule is CCOC(=O)[C@@]12C[C@H]1/C=C\CCCCC[C@H](NC(=O)OC1CCCC1)C(=O)N1C[C@@H](OS(=O)(=O)c3ccc(Br)cc3)C[C@H]1C(=O)N2. The summed E-state index contributed by atoms with van der Waals surface area (Å²) >= 11 is 3.29. The average molecular weight is 725 g/mol. The molecule has 0 spiro atoms. The molecule has 12 nitrogen and oxygen atoms in total. The summed E-state index contributed by atoms with van der Waals surface area (Å²) in [4.78, 5) is 55.3. The smallest absolute Gasteiger partial charge is 0.408 e. The van der Waals surface area contributed by atoms with Gasteiger partial charge in [0.15, 0.2) is 0 Å². The third-order valence-electron chi connectivity index (χ3n) is 9.11. The first-order valence-corrected chi connectivity index (χ1v) is 18.3. The van der Waals surface area contributed by atoms with E-state index in [4.69, 9.17) is 13.7 Å². The maximum absolute atomic E-state index is 14.2. The summed E-state index contributed by atoms with van der Waals surface area (Å²) in [6.45, 7) is 1.61. The van der Waals surface area contributed by atoms with E-state index in [1.807, 2.05) is 12.2 Å². The van der Waals surface area contributed by atoms with Crippen molar-refractivity contribution in [2.24, 2.45) is 5.92 Å². The Morgan fingerprint density at radius 2 is 1.76 bits per heavy atom. The normalized spacial score (nSPS) is 29.8. The van der Waals surface area contributed by atoms with Crippen molar-refractivity contribution < 1.29 is 41.3 Å². The van der Waals surface area contributed by atoms with Crippen LogP contribution in [0.1, 0.15) is 77.6 Å². The highest BCUT2D eigenvalue weighted by Gasteiger charge is 2.62. The van der Waals surface area contributed by atoms with Gasteiger partial charge in [0, 0.05) is 23.4 Å². The molecule has 14 heteroatoms. The Labute approximate surface area is 278 Å². The Hall–Kier alpha value is -2.97. The minimum atomic E-state index is -4.24. The van der Waals surface area contributed by atoms with E-state index < -0.39 is 57.7 Å². The van der Waals surface area contributed by atoms with E-state index >= 15 is 0 Å². The van der Waals surface area contributed by atoms with Crippen LogP contribution in [0.2, 0.25) is 0 Å². The quantitative estimate of drug-likeness (QED) is 0.240. The molecule has 3 amide bonds. The minimum absolute atomic E-state index is 0.0704. The largest absolute Gasteiger partial charge is 0.464 e. The number of esters is 1. The van der Waals surface area contributed by atoms with Crippen molar-refractivity contribution in [1.82, 2.24) is 15.5 Å². The number of alkyl carbamates (subject to hydrolysis) is 1. The van der Waals surface area contributed by atoms with E-state index in [2.05, 4.69) is 26.6 Å². The lowest BCUT2D eigenvalue weighted by Crippen LogP contribution is -2.56. The predicted molar refractivity (Wildman–Crippen MR) is 170 cm³/mol. The Morgan fingerprint density at radius 3 is 2.48 bits per heavy atom. The molecule has 0 bridgehead atoms. The Bertz CT molecular complexity index is 1430. The van der Waals surface area contributed by atoms with Crippen LogP contribution in [0.3, 0.4) is 0 Å². The van der Waals surface area contributed by atoms with Crippen LogP contribution in [0.5, 0.6) is 0 Å². The molecular weight excluding hydrogens is 682 g/mol. The number of nitrogens with zero attached hydrogens (tertiary/aromatic N) is 1. The lowest BCUT2D eigenvalue weighted by molar-refractivity contribution is -0.150. The minimum Gasteiger partial charge on any atom is -0.464 e. The third kappa shape index (κ3) is 8.11. The first-order valence-electron chi connectivity index (χ1n) is 16.1. The number of rotatable bonds is 7. The van der Waals surface area contributed by atoms with Gasteiger partial charge in [0.1, 0.15) is 23.7 Å². The average Bonchev–Trinajstić information content (AvgIpc) is 3.30. The molecule has 46 heavy (non-hydrogen) atoms. The van der Waals surface area contributed by atoms with Crippen LogP contribution in [0.15, 0.2) is 45.8 Å². The molecule has 1 aromatic carbocycles. The number of nitrogens with one attached hydrogen (secondary N) is 2. The van der Waals surface area contributed by atoms with Crippen LogP contribution >= 0.6 is 15.9 Å². The number of amides is 3. The van der Waals surface area contributed by atoms with E-state index in [9.17, 15) is 27.6 Å². The van der Waals surface area contributed by atoms with Gasteiger partial charge in [0.2, 0.25) is 11.8 Å². The molecule has 0 aromatic heterocycles. The Balaban J connectivity index is 1.41. The molecule has 2 saturated carbocycles. The van der Waals surface area contributed by atoms with Gasteiger partial charge in [-0.2, -0.15) is 8.42 Å². The zero-order chi connectivity index (χ0) is 32.9. The van der Waals surface area contributed by atoms with Crippen LogP contribution in [0, 0.1) is 5.92 Å². The Kier molecular flexibility index (Phi) is 11.1. The predicted octanol–water partition coefficient (Wildman–Crippen LogP) is 4.12. The van der Waals surface area contributed by atoms with Crippen LogP contribution in [-0.2, 0) is 38.2 Å². The summed E-state index contributed by atoms with van der Waals surface area (Å²) < 4.78 is 43.5. The van der Waals surface area contributed by atoms with E-state index in [0.29, 0.717) is 23.7 Å². The van der Waals surface area contributed by atoms with Gasteiger partial charge >= 0.3 is 12.1 Å². The lowest BCUT2D eigenvalue weighted by Gasteiger charge is -2.30. The fourth-order valence-corrected chi connectivity index (χ4v) is 7.89. The van der Waals surface area contributed by atoms with Gasteiger partial charge in [0.25, 0.3) is 10.1 Å². The van der Waals surface area contributed by atoms with Crippen molar-refractivity contribution in [3.8, 4) is 0 Å². The number of hydrogen-bond acceptors (Lipinski definition) is 9. The molecule has 5 rings (SSSR count). The summed E-state index contributed by atoms with van der Waals surface area (Å²) in [5.41, 5.74) is -1.27. The van der Waals surface area contributed by atoms with Gasteiger partial charge in [-0.15, -0.1) is 0 Å². The van der Waals surface area contributed by atoms with Gasteiger partial charge in [-0.05, 0) is 82.6 Å². The molecule has 0 unspecified atom stereocenters. The molecule has 252 valence electrons. The fourth-order valence-electron chi connectivity index (χ4n) is 6.55. The van der Waals surface area contributed by atoms with Gasteiger partial charge < -0.3 is 25.0 Å². The number of carbonyl (C=O) groups is 4. The molecule has 2 N–H and O–H groups in total. The number of benzene rings is 1.